The summed E-state index contributed by atoms with van der Waals surface area (Å²) in [6, 6.07) is 0. The summed E-state index contributed by atoms with van der Waals surface area (Å²) >= 11 is 1.67. The van der Waals surface area contributed by atoms with E-state index in [9.17, 15) is 0 Å². The SMILES string of the molecule is Cc1nc(CN=C(N)NC(C)(C)C)sc1C.I. The Morgan fingerprint density at radius 1 is 1.41 bits per heavy atom. The molecule has 1 heterocycles. The Kier molecular flexibility index (Phi) is 6.39. The zero-order valence-electron chi connectivity index (χ0n) is 11.0. The summed E-state index contributed by atoms with van der Waals surface area (Å²) in [4.78, 5) is 9.92. The Morgan fingerprint density at radius 2 is 2.00 bits per heavy atom. The van der Waals surface area contributed by atoms with Crippen molar-refractivity contribution in [3.05, 3.63) is 15.6 Å². The van der Waals surface area contributed by atoms with Gasteiger partial charge in [-0.2, -0.15) is 0 Å². The zero-order chi connectivity index (χ0) is 12.3. The van der Waals surface area contributed by atoms with Crippen LogP contribution in [0, 0.1) is 13.8 Å². The summed E-state index contributed by atoms with van der Waals surface area (Å²) < 4.78 is 0. The van der Waals surface area contributed by atoms with Crippen LogP contribution in [0.15, 0.2) is 4.99 Å². The predicted octanol–water partition coefficient (Wildman–Crippen LogP) is 2.58. The van der Waals surface area contributed by atoms with Crippen LogP contribution in [-0.2, 0) is 6.54 Å². The molecule has 0 aliphatic rings. The van der Waals surface area contributed by atoms with Crippen LogP contribution in [0.5, 0.6) is 0 Å². The highest BCUT2D eigenvalue weighted by Gasteiger charge is 2.10. The van der Waals surface area contributed by atoms with Crippen molar-refractivity contribution >= 4 is 41.3 Å². The molecule has 1 rings (SSSR count). The number of hydrogen-bond donors (Lipinski definition) is 2. The molecule has 0 fully saturated rings. The van der Waals surface area contributed by atoms with E-state index in [1.54, 1.807) is 11.3 Å². The van der Waals surface area contributed by atoms with E-state index in [-0.39, 0.29) is 29.5 Å². The van der Waals surface area contributed by atoms with Crippen molar-refractivity contribution in [3.8, 4) is 0 Å². The summed E-state index contributed by atoms with van der Waals surface area (Å²) in [7, 11) is 0. The van der Waals surface area contributed by atoms with Gasteiger partial charge in [0, 0.05) is 10.4 Å². The number of rotatable bonds is 2. The van der Waals surface area contributed by atoms with Gasteiger partial charge in [-0.1, -0.05) is 0 Å². The fraction of sp³-hybridized carbons (Fsp3) is 0.636. The van der Waals surface area contributed by atoms with Gasteiger partial charge in [0.1, 0.15) is 5.01 Å². The number of thiazole rings is 1. The fourth-order valence-corrected chi connectivity index (χ4v) is 2.04. The maximum absolute atomic E-state index is 5.77. The number of guanidine groups is 1. The number of hydrogen-bond acceptors (Lipinski definition) is 3. The van der Waals surface area contributed by atoms with Crippen molar-refractivity contribution in [1.82, 2.24) is 10.3 Å². The Labute approximate surface area is 124 Å². The molecule has 0 amide bonds. The lowest BCUT2D eigenvalue weighted by Gasteiger charge is -2.20. The van der Waals surface area contributed by atoms with Crippen molar-refractivity contribution in [2.75, 3.05) is 0 Å². The first-order chi connectivity index (χ1) is 7.28. The maximum atomic E-state index is 5.77. The van der Waals surface area contributed by atoms with Crippen LogP contribution < -0.4 is 11.1 Å². The third-order valence-corrected chi connectivity index (χ3v) is 3.02. The van der Waals surface area contributed by atoms with Gasteiger partial charge in [-0.15, -0.1) is 35.3 Å². The van der Waals surface area contributed by atoms with Crippen molar-refractivity contribution in [1.29, 1.82) is 0 Å². The molecule has 1 aromatic rings. The third-order valence-electron chi connectivity index (χ3n) is 1.96. The zero-order valence-corrected chi connectivity index (χ0v) is 14.1. The number of aliphatic imine (C=N–C) groups is 1. The van der Waals surface area contributed by atoms with E-state index in [4.69, 9.17) is 5.73 Å². The van der Waals surface area contributed by atoms with Gasteiger partial charge in [-0.05, 0) is 34.6 Å². The summed E-state index contributed by atoms with van der Waals surface area (Å²) in [5.41, 5.74) is 6.80. The van der Waals surface area contributed by atoms with Gasteiger partial charge in [0.25, 0.3) is 0 Å². The molecule has 0 radical (unpaired) electrons. The van der Waals surface area contributed by atoms with Crippen LogP contribution in [0.3, 0.4) is 0 Å². The molecule has 0 aliphatic heterocycles. The summed E-state index contributed by atoms with van der Waals surface area (Å²) in [6.45, 7) is 10.8. The van der Waals surface area contributed by atoms with Gasteiger partial charge >= 0.3 is 0 Å². The van der Waals surface area contributed by atoms with E-state index in [1.165, 1.54) is 4.88 Å². The lowest BCUT2D eigenvalue weighted by atomic mass is 10.1. The minimum atomic E-state index is -0.0533. The number of nitrogens with one attached hydrogen (secondary N) is 1. The van der Waals surface area contributed by atoms with E-state index in [0.717, 1.165) is 10.7 Å². The van der Waals surface area contributed by atoms with Crippen molar-refractivity contribution in [2.24, 2.45) is 10.7 Å². The first-order valence-electron chi connectivity index (χ1n) is 5.29. The van der Waals surface area contributed by atoms with E-state index >= 15 is 0 Å². The monoisotopic (exact) mass is 368 g/mol. The molecule has 4 nitrogen and oxygen atoms in total. The van der Waals surface area contributed by atoms with Gasteiger partial charge < -0.3 is 11.1 Å². The van der Waals surface area contributed by atoms with E-state index < -0.39 is 0 Å². The van der Waals surface area contributed by atoms with Crippen LogP contribution in [0.2, 0.25) is 0 Å². The average molecular weight is 368 g/mol. The maximum Gasteiger partial charge on any atom is 0.189 e. The smallest absolute Gasteiger partial charge is 0.189 e. The standard InChI is InChI=1S/C11H20N4S.HI/c1-7-8(2)16-9(14-7)6-13-10(12)15-11(3,4)5;/h6H2,1-5H3,(H3,12,13,15);1H. The second-order valence-corrected chi connectivity index (χ2v) is 6.11. The van der Waals surface area contributed by atoms with Crippen molar-refractivity contribution < 1.29 is 0 Å². The molecular weight excluding hydrogens is 347 g/mol. The molecule has 0 atom stereocenters. The lowest BCUT2D eigenvalue weighted by Crippen LogP contribution is -2.44. The number of halogens is 1. The normalized spacial score (nSPS) is 12.2. The molecule has 17 heavy (non-hydrogen) atoms. The molecule has 3 N–H and O–H groups in total. The first kappa shape index (κ1) is 16.6. The molecule has 0 spiro atoms. The van der Waals surface area contributed by atoms with Gasteiger partial charge in [0.2, 0.25) is 0 Å². The second-order valence-electron chi connectivity index (χ2n) is 4.83. The third kappa shape index (κ3) is 6.21. The second kappa shape index (κ2) is 6.53. The molecule has 0 saturated heterocycles. The Morgan fingerprint density at radius 3 is 2.41 bits per heavy atom. The Bertz CT molecular complexity index is 373. The van der Waals surface area contributed by atoms with Crippen LogP contribution in [0.1, 0.15) is 36.3 Å². The van der Waals surface area contributed by atoms with Gasteiger partial charge in [0.05, 0.1) is 12.2 Å². The average Bonchev–Trinajstić information content (AvgIpc) is 2.40. The van der Waals surface area contributed by atoms with Crippen LogP contribution in [0.25, 0.3) is 0 Å². The molecular formula is C11H21IN4S. The van der Waals surface area contributed by atoms with Crippen LogP contribution in [0.4, 0.5) is 0 Å². The van der Waals surface area contributed by atoms with E-state index in [0.29, 0.717) is 12.5 Å². The largest absolute Gasteiger partial charge is 0.370 e. The molecule has 0 aliphatic carbocycles. The number of aromatic nitrogens is 1. The summed E-state index contributed by atoms with van der Waals surface area (Å²) in [5.74, 6) is 0.470. The highest BCUT2D eigenvalue weighted by Crippen LogP contribution is 2.16. The van der Waals surface area contributed by atoms with Crippen LogP contribution >= 0.6 is 35.3 Å². The molecule has 6 heteroatoms. The summed E-state index contributed by atoms with van der Waals surface area (Å²) in [5, 5.41) is 4.12. The van der Waals surface area contributed by atoms with Gasteiger partial charge in [-0.3, -0.25) is 0 Å². The van der Waals surface area contributed by atoms with Crippen molar-refractivity contribution in [2.45, 2.75) is 46.7 Å². The first-order valence-corrected chi connectivity index (χ1v) is 6.10. The molecule has 0 aromatic carbocycles. The molecule has 98 valence electrons. The Hall–Kier alpha value is -0.370. The number of aryl methyl sites for hydroxylation is 2. The quantitative estimate of drug-likeness (QED) is 0.479. The van der Waals surface area contributed by atoms with Gasteiger partial charge in [0.15, 0.2) is 5.96 Å². The van der Waals surface area contributed by atoms with E-state index in [1.807, 2.05) is 27.7 Å². The summed E-state index contributed by atoms with van der Waals surface area (Å²) in [6.07, 6.45) is 0. The van der Waals surface area contributed by atoms with E-state index in [2.05, 4.69) is 22.2 Å². The van der Waals surface area contributed by atoms with Crippen molar-refractivity contribution in [3.63, 3.8) is 0 Å². The minimum absolute atomic E-state index is 0. The highest BCUT2D eigenvalue weighted by atomic mass is 127. The van der Waals surface area contributed by atoms with Crippen LogP contribution in [-0.4, -0.2) is 16.5 Å². The molecule has 0 unspecified atom stereocenters. The number of nitrogens with zero attached hydrogens (tertiary/aromatic N) is 2. The molecule has 0 bridgehead atoms. The van der Waals surface area contributed by atoms with Gasteiger partial charge in [-0.25, -0.2) is 9.98 Å². The molecule has 1 aromatic heterocycles. The number of nitrogens with two attached hydrogens (primary N) is 1. The predicted molar refractivity (Wildman–Crippen MR) is 85.2 cm³/mol. The lowest BCUT2D eigenvalue weighted by molar-refractivity contribution is 0.508. The fourth-order valence-electron chi connectivity index (χ4n) is 1.18. The Balaban J connectivity index is 0.00000256. The highest BCUT2D eigenvalue weighted by molar-refractivity contribution is 14.0. The topological polar surface area (TPSA) is 63.3 Å². The molecule has 0 saturated carbocycles. The minimum Gasteiger partial charge on any atom is -0.370 e.